The van der Waals surface area contributed by atoms with Gasteiger partial charge in [-0.25, -0.2) is 0 Å². The fraction of sp³-hybridized carbons (Fsp3) is 0.0123. The molecule has 0 N–H and O–H groups in total. The molecule has 14 aromatic carbocycles. The molecular weight excluding hydrogens is 1070 g/mol. The Kier molecular flexibility index (Phi) is 10.7. The Balaban J connectivity index is 0.824. The van der Waals surface area contributed by atoms with Crippen molar-refractivity contribution >= 4 is 119 Å². The smallest absolute Gasteiger partial charge is 0.0726 e. The van der Waals surface area contributed by atoms with Crippen LogP contribution in [-0.2, 0) is 5.41 Å². The molecule has 0 radical (unpaired) electrons. The van der Waals surface area contributed by atoms with Crippen molar-refractivity contribution in [3.05, 3.63) is 326 Å². The predicted molar refractivity (Wildman–Crippen MR) is 364 cm³/mol. The highest BCUT2D eigenvalue weighted by atomic mass is 32.1. The van der Waals surface area contributed by atoms with Crippen LogP contribution < -0.4 is 9.80 Å². The molecule has 2 nitrogen and oxygen atoms in total. The lowest BCUT2D eigenvalue weighted by atomic mass is 9.69. The molecule has 16 aromatic rings. The number of benzene rings is 14. The average Bonchev–Trinajstić information content (AvgIpc) is 1.52. The zero-order chi connectivity index (χ0) is 55.7. The van der Waals surface area contributed by atoms with Gasteiger partial charge in [-0.1, -0.05) is 206 Å². The quantitative estimate of drug-likeness (QED) is 0.150. The maximum atomic E-state index is 2.58. The summed E-state index contributed by atoms with van der Waals surface area (Å²) in [5.41, 5.74) is 21.5. The number of fused-ring (bicyclic) bond motifs is 19. The lowest BCUT2D eigenvalue weighted by molar-refractivity contribution is 0.796. The average molecular weight is 1120 g/mol. The topological polar surface area (TPSA) is 6.48 Å². The summed E-state index contributed by atoms with van der Waals surface area (Å²) in [5, 5.41) is 10.1. The van der Waals surface area contributed by atoms with Crippen LogP contribution in [0.25, 0.3) is 106 Å². The first-order valence-corrected chi connectivity index (χ1v) is 30.9. The van der Waals surface area contributed by atoms with E-state index in [1.165, 1.54) is 140 Å². The molecule has 2 heterocycles. The summed E-state index contributed by atoms with van der Waals surface area (Å²) >= 11 is 3.74. The standard InChI is InChI=1S/C81H50N2S2/c1-3-23-56(24-4-1)82(74-39-19-35-66-63-32-11-15-41-76(63)84-79(66)74)58-27-17-21-51(46-58)52-43-44-53-48-69-72(49-55(53)45-52)81(70-37-13-9-30-61(70)62-31-10-14-38-71(62)81)73-50-68(60-29-7-8-34-65(60)78(69)73)54-22-18-28-59(47-54)83(57-25-5-2-6-26-57)75-40-20-36-67-64-33-12-16-42-77(64)85-80(67)75/h1-50H. The second-order valence-corrected chi connectivity index (χ2v) is 24.7. The molecule has 2 aromatic heterocycles. The summed E-state index contributed by atoms with van der Waals surface area (Å²) in [7, 11) is 0. The van der Waals surface area contributed by atoms with Crippen molar-refractivity contribution < 1.29 is 0 Å². The maximum absolute atomic E-state index is 2.58. The molecule has 0 bridgehead atoms. The Labute approximate surface area is 500 Å². The summed E-state index contributed by atoms with van der Waals surface area (Å²) in [6, 6.07) is 114. The number of anilines is 6. The largest absolute Gasteiger partial charge is 0.309 e. The van der Waals surface area contributed by atoms with Gasteiger partial charge < -0.3 is 9.80 Å². The van der Waals surface area contributed by atoms with Crippen molar-refractivity contribution in [2.75, 3.05) is 9.80 Å². The van der Waals surface area contributed by atoms with Gasteiger partial charge in [0, 0.05) is 53.7 Å². The SMILES string of the molecule is c1ccc(N(c2cccc(-c3ccc4cc5c(cc4c3)C3(c4ccccc4-c4ccccc43)c3cc(-c4cccc(N(c6ccccc6)c6cccc7c6sc6ccccc67)c4)c4ccccc4c3-5)c2)c2cccc3c2sc2ccccc23)cc1. The van der Waals surface area contributed by atoms with Crippen molar-refractivity contribution in [1.82, 2.24) is 0 Å². The fourth-order valence-electron chi connectivity index (χ4n) is 14.6. The van der Waals surface area contributed by atoms with Gasteiger partial charge in [0.05, 0.1) is 26.2 Å². The van der Waals surface area contributed by atoms with Gasteiger partial charge in [-0.05, 0) is 185 Å². The second-order valence-electron chi connectivity index (χ2n) is 22.6. The monoisotopic (exact) mass is 1110 g/mol. The molecule has 0 aliphatic heterocycles. The molecule has 0 unspecified atom stereocenters. The third-order valence-electron chi connectivity index (χ3n) is 18.2. The van der Waals surface area contributed by atoms with E-state index in [2.05, 4.69) is 313 Å². The van der Waals surface area contributed by atoms with Gasteiger partial charge in [0.1, 0.15) is 0 Å². The number of para-hydroxylation sites is 2. The van der Waals surface area contributed by atoms with Crippen molar-refractivity contribution in [1.29, 1.82) is 0 Å². The van der Waals surface area contributed by atoms with E-state index < -0.39 is 5.41 Å². The first-order chi connectivity index (χ1) is 42.2. The number of hydrogen-bond donors (Lipinski definition) is 0. The Morgan fingerprint density at radius 1 is 0.247 bits per heavy atom. The lowest BCUT2D eigenvalue weighted by Gasteiger charge is -2.31. The van der Waals surface area contributed by atoms with Crippen LogP contribution in [0.15, 0.2) is 303 Å². The minimum atomic E-state index is -0.588. The highest BCUT2D eigenvalue weighted by Gasteiger charge is 2.52. The third kappa shape index (κ3) is 7.17. The molecule has 18 rings (SSSR count). The van der Waals surface area contributed by atoms with Crippen molar-refractivity contribution in [2.45, 2.75) is 5.41 Å². The molecule has 0 saturated heterocycles. The summed E-state index contributed by atoms with van der Waals surface area (Å²) in [5.74, 6) is 0. The van der Waals surface area contributed by atoms with Crippen LogP contribution in [0.4, 0.5) is 34.1 Å². The molecule has 4 heteroatoms. The first-order valence-electron chi connectivity index (χ1n) is 29.2. The van der Waals surface area contributed by atoms with Gasteiger partial charge in [-0.15, -0.1) is 22.7 Å². The summed E-state index contributed by atoms with van der Waals surface area (Å²) < 4.78 is 5.15. The number of hydrogen-bond acceptors (Lipinski definition) is 4. The highest BCUT2D eigenvalue weighted by Crippen LogP contribution is 2.65. The van der Waals surface area contributed by atoms with Crippen LogP contribution in [0, 0.1) is 0 Å². The number of thiophene rings is 2. The molecule has 0 fully saturated rings. The lowest BCUT2D eigenvalue weighted by Crippen LogP contribution is -2.26. The molecule has 396 valence electrons. The Bertz CT molecular complexity index is 5360. The van der Waals surface area contributed by atoms with Crippen molar-refractivity contribution in [3.8, 4) is 44.5 Å². The summed E-state index contributed by atoms with van der Waals surface area (Å²) in [6.45, 7) is 0. The van der Waals surface area contributed by atoms with E-state index in [4.69, 9.17) is 0 Å². The molecule has 85 heavy (non-hydrogen) atoms. The van der Waals surface area contributed by atoms with E-state index in [0.29, 0.717) is 0 Å². The van der Waals surface area contributed by atoms with Gasteiger partial charge in [-0.2, -0.15) is 0 Å². The van der Waals surface area contributed by atoms with E-state index >= 15 is 0 Å². The molecule has 1 spiro atoms. The Morgan fingerprint density at radius 3 is 1.33 bits per heavy atom. The number of nitrogens with zero attached hydrogens (tertiary/aromatic N) is 2. The van der Waals surface area contributed by atoms with E-state index in [1.807, 2.05) is 22.7 Å². The van der Waals surface area contributed by atoms with Crippen LogP contribution >= 0.6 is 22.7 Å². The predicted octanol–water partition coefficient (Wildman–Crippen LogP) is 23.3. The maximum Gasteiger partial charge on any atom is 0.0726 e. The zero-order valence-corrected chi connectivity index (χ0v) is 47.7. The van der Waals surface area contributed by atoms with Crippen LogP contribution in [0.1, 0.15) is 22.3 Å². The Hall–Kier alpha value is -10.4. The second kappa shape index (κ2) is 18.8. The molecule has 0 amide bonds. The Morgan fingerprint density at radius 2 is 0.718 bits per heavy atom. The van der Waals surface area contributed by atoms with Crippen molar-refractivity contribution in [3.63, 3.8) is 0 Å². The van der Waals surface area contributed by atoms with Crippen LogP contribution in [-0.4, -0.2) is 0 Å². The first kappa shape index (κ1) is 48.2. The van der Waals surface area contributed by atoms with Crippen molar-refractivity contribution in [2.24, 2.45) is 0 Å². The van der Waals surface area contributed by atoms with E-state index in [-0.39, 0.29) is 0 Å². The molecule has 0 saturated carbocycles. The van der Waals surface area contributed by atoms with Gasteiger partial charge >= 0.3 is 0 Å². The van der Waals surface area contributed by atoms with Gasteiger partial charge in [-0.3, -0.25) is 0 Å². The van der Waals surface area contributed by atoms with E-state index in [1.54, 1.807) is 0 Å². The summed E-state index contributed by atoms with van der Waals surface area (Å²) in [4.78, 5) is 4.90. The van der Waals surface area contributed by atoms with Crippen LogP contribution in [0.3, 0.4) is 0 Å². The van der Waals surface area contributed by atoms with E-state index in [0.717, 1.165) is 22.7 Å². The molecule has 0 atom stereocenters. The van der Waals surface area contributed by atoms with E-state index in [9.17, 15) is 0 Å². The summed E-state index contributed by atoms with van der Waals surface area (Å²) in [6.07, 6.45) is 0. The zero-order valence-electron chi connectivity index (χ0n) is 46.1. The highest BCUT2D eigenvalue weighted by molar-refractivity contribution is 7.26. The fourth-order valence-corrected chi connectivity index (χ4v) is 17.0. The van der Waals surface area contributed by atoms with Crippen LogP contribution in [0.5, 0.6) is 0 Å². The van der Waals surface area contributed by atoms with Gasteiger partial charge in [0.25, 0.3) is 0 Å². The molecule has 2 aliphatic rings. The van der Waals surface area contributed by atoms with Gasteiger partial charge in [0.2, 0.25) is 0 Å². The minimum Gasteiger partial charge on any atom is -0.309 e. The molecular formula is C81H50N2S2. The minimum absolute atomic E-state index is 0.588. The van der Waals surface area contributed by atoms with Gasteiger partial charge in [0.15, 0.2) is 0 Å². The number of rotatable bonds is 8. The normalized spacial score (nSPS) is 12.8. The third-order valence-corrected chi connectivity index (χ3v) is 20.6. The van der Waals surface area contributed by atoms with Crippen LogP contribution in [0.2, 0.25) is 0 Å². The molecule has 2 aliphatic carbocycles.